The molecular weight excluding hydrogens is 251 g/mol. The van der Waals surface area contributed by atoms with E-state index in [1.807, 2.05) is 0 Å². The van der Waals surface area contributed by atoms with Crippen molar-refractivity contribution in [2.75, 3.05) is 0 Å². The molecule has 1 nitrogen and oxygen atoms in total. The largest absolute Gasteiger partial charge is 0.417 e. The summed E-state index contributed by atoms with van der Waals surface area (Å²) in [6, 6.07) is 3.32. The molecular formula is C12H13ClF3N. The van der Waals surface area contributed by atoms with Crippen LogP contribution in [0.25, 0.3) is 0 Å². The van der Waals surface area contributed by atoms with Crippen molar-refractivity contribution in [3.63, 3.8) is 0 Å². The average Bonchev–Trinajstić information content (AvgIpc) is 2.25. The van der Waals surface area contributed by atoms with Crippen molar-refractivity contribution in [1.82, 2.24) is 0 Å². The molecule has 0 radical (unpaired) electrons. The van der Waals surface area contributed by atoms with Gasteiger partial charge in [-0.3, -0.25) is 0 Å². The van der Waals surface area contributed by atoms with E-state index in [4.69, 9.17) is 17.3 Å². The smallest absolute Gasteiger partial charge is 0.324 e. The van der Waals surface area contributed by atoms with E-state index >= 15 is 0 Å². The van der Waals surface area contributed by atoms with Crippen molar-refractivity contribution in [2.45, 2.75) is 25.1 Å². The van der Waals surface area contributed by atoms with Gasteiger partial charge in [0.1, 0.15) is 0 Å². The van der Waals surface area contributed by atoms with Crippen LogP contribution in [0.15, 0.2) is 30.9 Å². The van der Waals surface area contributed by atoms with Crippen molar-refractivity contribution < 1.29 is 13.2 Å². The van der Waals surface area contributed by atoms with Crippen molar-refractivity contribution in [3.8, 4) is 0 Å². The zero-order chi connectivity index (χ0) is 13.1. The van der Waals surface area contributed by atoms with Crippen molar-refractivity contribution in [1.29, 1.82) is 0 Å². The molecule has 0 aliphatic carbocycles. The molecule has 17 heavy (non-hydrogen) atoms. The summed E-state index contributed by atoms with van der Waals surface area (Å²) in [6.45, 7) is 3.54. The van der Waals surface area contributed by atoms with E-state index in [1.165, 1.54) is 12.1 Å². The van der Waals surface area contributed by atoms with Gasteiger partial charge >= 0.3 is 6.18 Å². The van der Waals surface area contributed by atoms with E-state index in [0.29, 0.717) is 18.4 Å². The fraction of sp³-hybridized carbons (Fsp3) is 0.333. The molecule has 1 atom stereocenters. The molecule has 0 heterocycles. The highest BCUT2D eigenvalue weighted by Crippen LogP contribution is 2.36. The molecule has 0 saturated carbocycles. The lowest BCUT2D eigenvalue weighted by atomic mass is 10.0. The summed E-state index contributed by atoms with van der Waals surface area (Å²) in [6.07, 6.45) is -1.56. The fourth-order valence-corrected chi connectivity index (χ4v) is 1.68. The number of nitrogens with two attached hydrogens (primary N) is 1. The minimum atomic E-state index is -4.45. The highest BCUT2D eigenvalue weighted by atomic mass is 35.5. The number of allylic oxidation sites excluding steroid dienone is 1. The van der Waals surface area contributed by atoms with E-state index in [9.17, 15) is 13.2 Å². The van der Waals surface area contributed by atoms with Gasteiger partial charge in [0.25, 0.3) is 0 Å². The Morgan fingerprint density at radius 1 is 1.41 bits per heavy atom. The molecule has 1 aromatic rings. The van der Waals surface area contributed by atoms with Crippen molar-refractivity contribution in [3.05, 3.63) is 47.0 Å². The highest BCUT2D eigenvalue weighted by Gasteiger charge is 2.33. The normalized spacial score (nSPS) is 13.5. The minimum Gasteiger partial charge on any atom is -0.324 e. The summed E-state index contributed by atoms with van der Waals surface area (Å²) >= 11 is 5.51. The standard InChI is InChI=1S/C12H13ClF3N/c1-2-3-4-11(17)8-5-6-10(13)9(7-8)12(14,15)16/h2,5-7,11H,1,3-4,17H2/t11-/m0/s1. The number of alkyl halides is 3. The first-order chi connectivity index (χ1) is 7.86. The van der Waals surface area contributed by atoms with Crippen LogP contribution in [0.4, 0.5) is 13.2 Å². The lowest BCUT2D eigenvalue weighted by Crippen LogP contribution is -2.12. The first-order valence-corrected chi connectivity index (χ1v) is 5.47. The molecule has 0 aliphatic heterocycles. The van der Waals surface area contributed by atoms with Gasteiger partial charge in [-0.1, -0.05) is 23.7 Å². The Morgan fingerprint density at radius 2 is 2.06 bits per heavy atom. The minimum absolute atomic E-state index is 0.308. The predicted octanol–water partition coefficient (Wildman–Crippen LogP) is 4.32. The van der Waals surface area contributed by atoms with Crippen LogP contribution in [-0.4, -0.2) is 0 Å². The summed E-state index contributed by atoms with van der Waals surface area (Å²) in [5, 5.41) is -0.308. The van der Waals surface area contributed by atoms with E-state index in [0.717, 1.165) is 6.07 Å². The molecule has 0 aromatic heterocycles. The van der Waals surface area contributed by atoms with E-state index in [1.54, 1.807) is 6.08 Å². The zero-order valence-corrected chi connectivity index (χ0v) is 9.85. The topological polar surface area (TPSA) is 26.0 Å². The molecule has 0 aliphatic rings. The molecule has 5 heteroatoms. The summed E-state index contributed by atoms with van der Waals surface area (Å²) in [5.74, 6) is 0. The lowest BCUT2D eigenvalue weighted by Gasteiger charge is -2.15. The first kappa shape index (κ1) is 14.1. The van der Waals surface area contributed by atoms with Crippen LogP contribution in [0.5, 0.6) is 0 Å². The van der Waals surface area contributed by atoms with E-state index in [-0.39, 0.29) is 5.02 Å². The Hall–Kier alpha value is -1.00. The monoisotopic (exact) mass is 263 g/mol. The van der Waals surface area contributed by atoms with Gasteiger partial charge in [0.05, 0.1) is 10.6 Å². The van der Waals surface area contributed by atoms with Crippen LogP contribution in [0.1, 0.15) is 30.0 Å². The number of benzene rings is 1. The van der Waals surface area contributed by atoms with Crippen LogP contribution >= 0.6 is 11.6 Å². The van der Waals surface area contributed by atoms with E-state index in [2.05, 4.69) is 6.58 Å². The van der Waals surface area contributed by atoms with Gasteiger partial charge in [-0.2, -0.15) is 13.2 Å². The SMILES string of the molecule is C=CCC[C@H](N)c1ccc(Cl)c(C(F)(F)F)c1. The van der Waals surface area contributed by atoms with Crippen LogP contribution in [0, 0.1) is 0 Å². The molecule has 2 N–H and O–H groups in total. The van der Waals surface area contributed by atoms with E-state index < -0.39 is 17.8 Å². The van der Waals surface area contributed by atoms with Crippen LogP contribution in [0.2, 0.25) is 5.02 Å². The molecule has 94 valence electrons. The number of hydrogen-bond acceptors (Lipinski definition) is 1. The van der Waals surface area contributed by atoms with Crippen LogP contribution in [-0.2, 0) is 6.18 Å². The maximum Gasteiger partial charge on any atom is 0.417 e. The Kier molecular flexibility index (Phi) is 4.60. The van der Waals surface area contributed by atoms with Gasteiger partial charge in [-0.25, -0.2) is 0 Å². The third-order valence-electron chi connectivity index (χ3n) is 2.41. The van der Waals surface area contributed by atoms with Gasteiger partial charge in [0.15, 0.2) is 0 Å². The average molecular weight is 264 g/mol. The molecule has 0 spiro atoms. The number of halogens is 4. The molecule has 0 bridgehead atoms. The summed E-state index contributed by atoms with van der Waals surface area (Å²) < 4.78 is 37.8. The number of hydrogen-bond donors (Lipinski definition) is 1. The summed E-state index contributed by atoms with van der Waals surface area (Å²) in [5.41, 5.74) is 5.38. The number of rotatable bonds is 4. The Labute approximate surface area is 103 Å². The van der Waals surface area contributed by atoms with Crippen LogP contribution < -0.4 is 5.73 Å². The van der Waals surface area contributed by atoms with Crippen LogP contribution in [0.3, 0.4) is 0 Å². The quantitative estimate of drug-likeness (QED) is 0.804. The second-order valence-corrected chi connectivity index (χ2v) is 4.12. The Bertz CT molecular complexity index is 401. The zero-order valence-electron chi connectivity index (χ0n) is 9.10. The molecule has 1 rings (SSSR count). The maximum absolute atomic E-state index is 12.6. The molecule has 0 amide bonds. The fourth-order valence-electron chi connectivity index (χ4n) is 1.45. The third-order valence-corrected chi connectivity index (χ3v) is 2.74. The lowest BCUT2D eigenvalue weighted by molar-refractivity contribution is -0.137. The van der Waals surface area contributed by atoms with Gasteiger partial charge in [0, 0.05) is 6.04 Å². The Balaban J connectivity index is 3.00. The third kappa shape index (κ3) is 3.75. The summed E-state index contributed by atoms with van der Waals surface area (Å²) in [4.78, 5) is 0. The van der Waals surface area contributed by atoms with Gasteiger partial charge < -0.3 is 5.73 Å². The van der Waals surface area contributed by atoms with Gasteiger partial charge in [-0.15, -0.1) is 6.58 Å². The molecule has 0 fully saturated rings. The van der Waals surface area contributed by atoms with Crippen molar-refractivity contribution >= 4 is 11.6 Å². The Morgan fingerprint density at radius 3 is 2.59 bits per heavy atom. The first-order valence-electron chi connectivity index (χ1n) is 5.09. The van der Waals surface area contributed by atoms with Gasteiger partial charge in [0.2, 0.25) is 0 Å². The van der Waals surface area contributed by atoms with Crippen molar-refractivity contribution in [2.24, 2.45) is 5.73 Å². The highest BCUT2D eigenvalue weighted by molar-refractivity contribution is 6.31. The molecule has 1 aromatic carbocycles. The second-order valence-electron chi connectivity index (χ2n) is 3.71. The van der Waals surface area contributed by atoms with Gasteiger partial charge in [-0.05, 0) is 30.5 Å². The second kappa shape index (κ2) is 5.56. The maximum atomic E-state index is 12.6. The predicted molar refractivity (Wildman–Crippen MR) is 62.8 cm³/mol. The summed E-state index contributed by atoms with van der Waals surface area (Å²) in [7, 11) is 0. The molecule has 0 unspecified atom stereocenters. The molecule has 0 saturated heterocycles.